The molecule has 9 heteroatoms. The van der Waals surface area contributed by atoms with E-state index in [-0.39, 0.29) is 38.1 Å². The van der Waals surface area contributed by atoms with Gasteiger partial charge >= 0.3 is 5.97 Å². The van der Waals surface area contributed by atoms with Crippen LogP contribution in [0.5, 0.6) is 5.75 Å². The van der Waals surface area contributed by atoms with E-state index in [0.29, 0.717) is 18.0 Å². The number of carboxylic acids is 1. The van der Waals surface area contributed by atoms with E-state index in [1.165, 1.54) is 7.11 Å². The van der Waals surface area contributed by atoms with Crippen LogP contribution in [-0.2, 0) is 14.3 Å². The number of para-hydroxylation sites is 2. The molecule has 1 aromatic carbocycles. The Morgan fingerprint density at radius 1 is 1.28 bits per heavy atom. The fraction of sp³-hybridized carbons (Fsp3) is 0.652. The Balaban J connectivity index is 2.10. The first-order valence-electron chi connectivity index (χ1n) is 10.9. The predicted molar refractivity (Wildman–Crippen MR) is 122 cm³/mol. The SMILES string of the molecule is COCOc1ccccc1N1CC(C)(C)N(C[C@H](N)[C@@H](O)C[C@H](C(=O)O)C(C)C)CC1=O. The molecule has 0 saturated carbocycles. The van der Waals surface area contributed by atoms with E-state index in [1.807, 2.05) is 50.8 Å². The summed E-state index contributed by atoms with van der Waals surface area (Å²) < 4.78 is 10.6. The minimum Gasteiger partial charge on any atom is -0.481 e. The van der Waals surface area contributed by atoms with Crippen molar-refractivity contribution in [1.82, 2.24) is 4.90 Å². The number of aliphatic hydroxyl groups excluding tert-OH is 1. The molecule has 9 nitrogen and oxygen atoms in total. The van der Waals surface area contributed by atoms with Crippen molar-refractivity contribution in [3.63, 3.8) is 0 Å². The normalized spacial score (nSPS) is 19.6. The van der Waals surface area contributed by atoms with E-state index in [0.717, 1.165) is 0 Å². The average molecular weight is 452 g/mol. The van der Waals surface area contributed by atoms with E-state index in [4.69, 9.17) is 15.2 Å². The van der Waals surface area contributed by atoms with Crippen LogP contribution in [0.2, 0.25) is 0 Å². The van der Waals surface area contributed by atoms with Crippen molar-refractivity contribution in [1.29, 1.82) is 0 Å². The minimum absolute atomic E-state index is 0.0761. The van der Waals surface area contributed by atoms with E-state index in [2.05, 4.69) is 0 Å². The lowest BCUT2D eigenvalue weighted by molar-refractivity contribution is -0.144. The lowest BCUT2D eigenvalue weighted by Gasteiger charge is -2.47. The first kappa shape index (κ1) is 26.1. The van der Waals surface area contributed by atoms with Gasteiger partial charge in [-0.25, -0.2) is 0 Å². The number of anilines is 1. The van der Waals surface area contributed by atoms with Crippen molar-refractivity contribution in [2.24, 2.45) is 17.6 Å². The lowest BCUT2D eigenvalue weighted by Crippen LogP contribution is -2.64. The van der Waals surface area contributed by atoms with Gasteiger partial charge in [0.15, 0.2) is 6.79 Å². The molecule has 32 heavy (non-hydrogen) atoms. The fourth-order valence-corrected chi connectivity index (χ4v) is 3.96. The van der Waals surface area contributed by atoms with Crippen molar-refractivity contribution >= 4 is 17.6 Å². The molecule has 3 atom stereocenters. The zero-order chi connectivity index (χ0) is 24.1. The second-order valence-corrected chi connectivity index (χ2v) is 9.35. The van der Waals surface area contributed by atoms with Crippen LogP contribution >= 0.6 is 0 Å². The third-order valence-corrected chi connectivity index (χ3v) is 6.06. The molecule has 1 aliphatic rings. The number of aliphatic carboxylic acids is 1. The summed E-state index contributed by atoms with van der Waals surface area (Å²) >= 11 is 0. The number of nitrogens with two attached hydrogens (primary N) is 1. The molecule has 1 aromatic rings. The van der Waals surface area contributed by atoms with Crippen LogP contribution in [0, 0.1) is 11.8 Å². The zero-order valence-corrected chi connectivity index (χ0v) is 19.7. The van der Waals surface area contributed by atoms with Crippen LogP contribution in [0.1, 0.15) is 34.1 Å². The van der Waals surface area contributed by atoms with Gasteiger partial charge in [0, 0.05) is 31.8 Å². The third-order valence-electron chi connectivity index (χ3n) is 6.06. The quantitative estimate of drug-likeness (QED) is 0.433. The summed E-state index contributed by atoms with van der Waals surface area (Å²) in [5, 5.41) is 20.0. The molecule has 1 amide bonds. The van der Waals surface area contributed by atoms with E-state index in [1.54, 1.807) is 11.0 Å². The third kappa shape index (κ3) is 6.41. The molecular weight excluding hydrogens is 414 g/mol. The van der Waals surface area contributed by atoms with E-state index in [9.17, 15) is 19.8 Å². The highest BCUT2D eigenvalue weighted by Crippen LogP contribution is 2.33. The van der Waals surface area contributed by atoms with Crippen LogP contribution < -0.4 is 15.4 Å². The van der Waals surface area contributed by atoms with Crippen molar-refractivity contribution in [3.05, 3.63) is 24.3 Å². The molecule has 4 N–H and O–H groups in total. The Morgan fingerprint density at radius 2 is 1.94 bits per heavy atom. The Bertz CT molecular complexity index is 785. The topological polar surface area (TPSA) is 126 Å². The van der Waals surface area contributed by atoms with Gasteiger partial charge in [0.05, 0.1) is 24.3 Å². The van der Waals surface area contributed by atoms with Gasteiger partial charge in [-0.2, -0.15) is 0 Å². The van der Waals surface area contributed by atoms with Gasteiger partial charge in [0.2, 0.25) is 5.91 Å². The van der Waals surface area contributed by atoms with Gasteiger partial charge in [0.1, 0.15) is 5.75 Å². The first-order chi connectivity index (χ1) is 15.0. The number of nitrogens with zero attached hydrogens (tertiary/aromatic N) is 2. The molecule has 0 radical (unpaired) electrons. The summed E-state index contributed by atoms with van der Waals surface area (Å²) in [6, 6.07) is 6.64. The number of hydrogen-bond donors (Lipinski definition) is 3. The molecule has 180 valence electrons. The van der Waals surface area contributed by atoms with E-state index >= 15 is 0 Å². The van der Waals surface area contributed by atoms with Crippen LogP contribution in [-0.4, -0.2) is 78.2 Å². The van der Waals surface area contributed by atoms with E-state index < -0.39 is 29.6 Å². The molecule has 1 heterocycles. The van der Waals surface area contributed by atoms with Crippen LogP contribution in [0.25, 0.3) is 0 Å². The Hall–Kier alpha value is -2.20. The number of amides is 1. The van der Waals surface area contributed by atoms with Gasteiger partial charge in [-0.15, -0.1) is 0 Å². The lowest BCUT2D eigenvalue weighted by atomic mass is 9.87. The van der Waals surface area contributed by atoms with Gasteiger partial charge in [-0.3, -0.25) is 14.5 Å². The molecule has 1 aliphatic heterocycles. The number of piperazine rings is 1. The number of aliphatic hydroxyl groups is 1. The maximum atomic E-state index is 13.0. The molecule has 1 fully saturated rings. The van der Waals surface area contributed by atoms with Crippen molar-refractivity contribution in [3.8, 4) is 5.75 Å². The monoisotopic (exact) mass is 451 g/mol. The highest BCUT2D eigenvalue weighted by molar-refractivity contribution is 5.97. The average Bonchev–Trinajstić information content (AvgIpc) is 2.72. The van der Waals surface area contributed by atoms with Gasteiger partial charge in [-0.1, -0.05) is 26.0 Å². The maximum Gasteiger partial charge on any atom is 0.306 e. The maximum absolute atomic E-state index is 13.0. The molecule has 0 aliphatic carbocycles. The van der Waals surface area contributed by atoms with Gasteiger partial charge in [0.25, 0.3) is 0 Å². The second-order valence-electron chi connectivity index (χ2n) is 9.35. The summed E-state index contributed by atoms with van der Waals surface area (Å²) in [5.41, 5.74) is 6.49. The molecular formula is C23H37N3O6. The number of hydrogen-bond acceptors (Lipinski definition) is 7. The Kier molecular flexibility index (Phi) is 9.03. The number of carbonyl (C=O) groups is 2. The van der Waals surface area contributed by atoms with Gasteiger partial charge < -0.3 is 30.3 Å². The minimum atomic E-state index is -0.981. The number of rotatable bonds is 11. The van der Waals surface area contributed by atoms with Crippen LogP contribution in [0.4, 0.5) is 5.69 Å². The first-order valence-corrected chi connectivity index (χ1v) is 10.9. The number of ether oxygens (including phenoxy) is 2. The number of methoxy groups -OCH3 is 1. The molecule has 0 spiro atoms. The molecule has 0 unspecified atom stereocenters. The largest absolute Gasteiger partial charge is 0.481 e. The number of carboxylic acid groups (broad SMARTS) is 1. The van der Waals surface area contributed by atoms with Crippen molar-refractivity contribution < 1.29 is 29.3 Å². The highest BCUT2D eigenvalue weighted by atomic mass is 16.7. The van der Waals surface area contributed by atoms with Crippen molar-refractivity contribution in [2.45, 2.75) is 51.8 Å². The molecule has 2 rings (SSSR count). The fourth-order valence-electron chi connectivity index (χ4n) is 3.96. The van der Waals surface area contributed by atoms with Gasteiger partial charge in [-0.05, 0) is 38.3 Å². The van der Waals surface area contributed by atoms with Crippen LogP contribution in [0.15, 0.2) is 24.3 Å². The molecule has 1 saturated heterocycles. The summed E-state index contributed by atoms with van der Waals surface area (Å²) in [6.07, 6.45) is -0.905. The number of benzene rings is 1. The highest BCUT2D eigenvalue weighted by Gasteiger charge is 2.40. The smallest absolute Gasteiger partial charge is 0.306 e. The van der Waals surface area contributed by atoms with Crippen molar-refractivity contribution in [2.75, 3.05) is 38.4 Å². The summed E-state index contributed by atoms with van der Waals surface area (Å²) in [7, 11) is 1.53. The number of carbonyl (C=O) groups excluding carboxylic acids is 1. The zero-order valence-electron chi connectivity index (χ0n) is 19.7. The molecule has 0 bridgehead atoms. The summed E-state index contributed by atoms with van der Waals surface area (Å²) in [6.45, 7) is 8.54. The van der Waals surface area contributed by atoms with Crippen LogP contribution in [0.3, 0.4) is 0 Å². The Morgan fingerprint density at radius 3 is 2.53 bits per heavy atom. The summed E-state index contributed by atoms with van der Waals surface area (Å²) in [5.74, 6) is -1.27. The second kappa shape index (κ2) is 11.1. The predicted octanol–water partition coefficient (Wildman–Crippen LogP) is 1.53. The summed E-state index contributed by atoms with van der Waals surface area (Å²) in [4.78, 5) is 28.2. The Labute approximate surface area is 190 Å². The standard InChI is InChI=1S/C23H37N3O6/c1-15(2)16(22(29)30)10-19(27)17(24)11-25-12-21(28)26(13-23(25,3)4)18-8-6-7-9-20(18)32-14-31-5/h6-9,15-17,19,27H,10-14,24H2,1-5H3,(H,29,30)/t16-,17-,19-/m0/s1. The molecule has 0 aromatic heterocycles.